The Bertz CT molecular complexity index is 1390. The van der Waals surface area contributed by atoms with Crippen LogP contribution in [0, 0.1) is 11.6 Å². The Labute approximate surface area is 181 Å². The third-order valence-electron chi connectivity index (χ3n) is 5.63. The lowest BCUT2D eigenvalue weighted by atomic mass is 9.98. The Kier molecular flexibility index (Phi) is 4.74. The van der Waals surface area contributed by atoms with Gasteiger partial charge in [-0.25, -0.2) is 8.78 Å². The van der Waals surface area contributed by atoms with Gasteiger partial charge in [-0.05, 0) is 53.6 Å². The summed E-state index contributed by atoms with van der Waals surface area (Å²) < 4.78 is 38.4. The molecule has 3 aromatic carbocycles. The van der Waals surface area contributed by atoms with Crippen LogP contribution >= 0.6 is 0 Å². The number of amides is 1. The molecule has 0 radical (unpaired) electrons. The van der Waals surface area contributed by atoms with Crippen LogP contribution in [-0.2, 0) is 6.54 Å². The average molecular weight is 433 g/mol. The molecule has 5 nitrogen and oxygen atoms in total. The molecule has 0 aliphatic carbocycles. The number of hydrogen-bond donors (Lipinski definition) is 0. The lowest BCUT2D eigenvalue weighted by molar-refractivity contribution is 0.0714. The van der Waals surface area contributed by atoms with Crippen molar-refractivity contribution in [3.63, 3.8) is 0 Å². The van der Waals surface area contributed by atoms with Crippen molar-refractivity contribution in [3.8, 4) is 5.75 Å². The van der Waals surface area contributed by atoms with Gasteiger partial charge in [0.05, 0.1) is 24.1 Å². The topological polar surface area (TPSA) is 59.8 Å². The fourth-order valence-electron chi connectivity index (χ4n) is 4.07. The lowest BCUT2D eigenvalue weighted by Crippen LogP contribution is -2.29. The minimum atomic E-state index is -0.802. The molecule has 1 aromatic heterocycles. The zero-order valence-electron chi connectivity index (χ0n) is 17.0. The molecule has 32 heavy (non-hydrogen) atoms. The van der Waals surface area contributed by atoms with Gasteiger partial charge in [0.15, 0.2) is 5.43 Å². The first-order chi connectivity index (χ1) is 15.5. The van der Waals surface area contributed by atoms with Gasteiger partial charge in [-0.15, -0.1) is 0 Å². The molecule has 2 heterocycles. The molecule has 160 valence electrons. The van der Waals surface area contributed by atoms with Crippen LogP contribution in [0.5, 0.6) is 5.75 Å². The lowest BCUT2D eigenvalue weighted by Gasteiger charge is -2.25. The smallest absolute Gasteiger partial charge is 0.291 e. The van der Waals surface area contributed by atoms with E-state index < -0.39 is 29.0 Å². The van der Waals surface area contributed by atoms with E-state index in [1.165, 1.54) is 41.3 Å². The predicted molar refractivity (Wildman–Crippen MR) is 114 cm³/mol. The van der Waals surface area contributed by atoms with Crippen molar-refractivity contribution < 1.29 is 22.7 Å². The largest absolute Gasteiger partial charge is 0.497 e. The van der Waals surface area contributed by atoms with Gasteiger partial charge in [0.2, 0.25) is 5.76 Å². The number of rotatable bonds is 4. The molecular weight excluding hydrogens is 416 g/mol. The Morgan fingerprint density at radius 1 is 0.938 bits per heavy atom. The van der Waals surface area contributed by atoms with Crippen LogP contribution < -0.4 is 10.2 Å². The van der Waals surface area contributed by atoms with Gasteiger partial charge in [0, 0.05) is 6.54 Å². The standard InChI is InChI=1S/C25H17F2NO4/c1-31-18-9-2-14(3-10-18)13-28-22(15-4-6-16(26)7-5-15)21-23(29)19-12-17(27)8-11-20(19)32-24(21)25(28)30/h2-12,22H,13H2,1H3. The molecule has 4 aromatic rings. The van der Waals surface area contributed by atoms with E-state index in [4.69, 9.17) is 9.15 Å². The SMILES string of the molecule is COc1ccc(CN2C(=O)c3oc4ccc(F)cc4c(=O)c3C2c2ccc(F)cc2)cc1. The summed E-state index contributed by atoms with van der Waals surface area (Å²) in [6.07, 6.45) is 0. The summed E-state index contributed by atoms with van der Waals surface area (Å²) in [6, 6.07) is 15.6. The number of carbonyl (C=O) groups excluding carboxylic acids is 1. The quantitative estimate of drug-likeness (QED) is 0.463. The Morgan fingerprint density at radius 2 is 1.62 bits per heavy atom. The summed E-state index contributed by atoms with van der Waals surface area (Å²) in [6.45, 7) is 0.180. The molecule has 0 saturated heterocycles. The Hall–Kier alpha value is -4.00. The highest BCUT2D eigenvalue weighted by Gasteiger charge is 2.42. The third-order valence-corrected chi connectivity index (χ3v) is 5.63. The van der Waals surface area contributed by atoms with Gasteiger partial charge < -0.3 is 14.1 Å². The van der Waals surface area contributed by atoms with E-state index in [0.29, 0.717) is 11.3 Å². The molecule has 0 N–H and O–H groups in total. The second-order valence-corrected chi connectivity index (χ2v) is 7.55. The maximum absolute atomic E-state index is 13.8. The van der Waals surface area contributed by atoms with Crippen LogP contribution in [0.2, 0.25) is 0 Å². The van der Waals surface area contributed by atoms with Crippen molar-refractivity contribution in [2.45, 2.75) is 12.6 Å². The first kappa shape index (κ1) is 19.9. The van der Waals surface area contributed by atoms with Gasteiger partial charge in [-0.1, -0.05) is 24.3 Å². The Balaban J connectivity index is 1.68. The fraction of sp³-hybridized carbons (Fsp3) is 0.120. The number of fused-ring (bicyclic) bond motifs is 2. The maximum atomic E-state index is 13.8. The number of nitrogens with zero attached hydrogens (tertiary/aromatic N) is 1. The van der Waals surface area contributed by atoms with Crippen molar-refractivity contribution in [1.82, 2.24) is 4.90 Å². The second-order valence-electron chi connectivity index (χ2n) is 7.55. The number of ether oxygens (including phenoxy) is 1. The molecule has 5 rings (SSSR count). The zero-order valence-corrected chi connectivity index (χ0v) is 17.0. The zero-order chi connectivity index (χ0) is 22.4. The molecule has 1 aliphatic rings. The van der Waals surface area contributed by atoms with Crippen molar-refractivity contribution in [2.24, 2.45) is 0 Å². The highest BCUT2D eigenvalue weighted by atomic mass is 19.1. The van der Waals surface area contributed by atoms with Crippen LogP contribution in [0.3, 0.4) is 0 Å². The van der Waals surface area contributed by atoms with Crippen LogP contribution in [0.15, 0.2) is 75.9 Å². The highest BCUT2D eigenvalue weighted by molar-refractivity contribution is 5.99. The van der Waals surface area contributed by atoms with Gasteiger partial charge in [0.1, 0.15) is 23.0 Å². The number of carbonyl (C=O) groups is 1. The normalized spacial score (nSPS) is 15.3. The van der Waals surface area contributed by atoms with Gasteiger partial charge >= 0.3 is 0 Å². The monoisotopic (exact) mass is 433 g/mol. The van der Waals surface area contributed by atoms with Crippen LogP contribution in [0.4, 0.5) is 8.78 Å². The van der Waals surface area contributed by atoms with E-state index in [-0.39, 0.29) is 28.8 Å². The molecule has 7 heteroatoms. The molecule has 0 bridgehead atoms. The van der Waals surface area contributed by atoms with Gasteiger partial charge in [-0.2, -0.15) is 0 Å². The maximum Gasteiger partial charge on any atom is 0.291 e. The molecule has 0 spiro atoms. The highest BCUT2D eigenvalue weighted by Crippen LogP contribution is 2.39. The number of hydrogen-bond acceptors (Lipinski definition) is 4. The van der Waals surface area contributed by atoms with E-state index in [1.807, 2.05) is 12.1 Å². The molecule has 0 saturated carbocycles. The number of benzene rings is 3. The van der Waals surface area contributed by atoms with E-state index in [9.17, 15) is 18.4 Å². The summed E-state index contributed by atoms with van der Waals surface area (Å²) in [7, 11) is 1.56. The minimum Gasteiger partial charge on any atom is -0.497 e. The van der Waals surface area contributed by atoms with Gasteiger partial charge in [-0.3, -0.25) is 9.59 Å². The van der Waals surface area contributed by atoms with Crippen molar-refractivity contribution in [3.05, 3.63) is 111 Å². The summed E-state index contributed by atoms with van der Waals surface area (Å²) in [5, 5.41) is 0.0509. The Morgan fingerprint density at radius 3 is 2.31 bits per heavy atom. The fourth-order valence-corrected chi connectivity index (χ4v) is 4.07. The summed E-state index contributed by atoms with van der Waals surface area (Å²) >= 11 is 0. The van der Waals surface area contributed by atoms with Crippen molar-refractivity contribution in [2.75, 3.05) is 7.11 Å². The van der Waals surface area contributed by atoms with Crippen molar-refractivity contribution >= 4 is 16.9 Å². The molecule has 1 unspecified atom stereocenters. The average Bonchev–Trinajstić information content (AvgIpc) is 3.07. The molecule has 1 atom stereocenters. The summed E-state index contributed by atoms with van der Waals surface area (Å²) in [5.41, 5.74) is 1.12. The van der Waals surface area contributed by atoms with Gasteiger partial charge in [0.25, 0.3) is 5.91 Å². The summed E-state index contributed by atoms with van der Waals surface area (Å²) in [4.78, 5) is 28.2. The van der Waals surface area contributed by atoms with E-state index >= 15 is 0 Å². The molecular formula is C25H17F2NO4. The summed E-state index contributed by atoms with van der Waals surface area (Å²) in [5.74, 6) is -0.898. The molecule has 1 aliphatic heterocycles. The van der Waals surface area contributed by atoms with Crippen LogP contribution in [-0.4, -0.2) is 17.9 Å². The van der Waals surface area contributed by atoms with E-state index in [2.05, 4.69) is 0 Å². The molecule has 1 amide bonds. The predicted octanol–water partition coefficient (Wildman–Crippen LogP) is 4.83. The first-order valence-electron chi connectivity index (χ1n) is 9.92. The van der Waals surface area contributed by atoms with Crippen LogP contribution in [0.25, 0.3) is 11.0 Å². The minimum absolute atomic E-state index is 0.0509. The second kappa shape index (κ2) is 7.60. The molecule has 0 fully saturated rings. The van der Waals surface area contributed by atoms with E-state index in [1.54, 1.807) is 19.2 Å². The van der Waals surface area contributed by atoms with E-state index in [0.717, 1.165) is 11.6 Å². The third kappa shape index (κ3) is 3.22. The van der Waals surface area contributed by atoms with Crippen molar-refractivity contribution in [1.29, 1.82) is 0 Å². The van der Waals surface area contributed by atoms with Crippen LogP contribution in [0.1, 0.15) is 33.3 Å². The first-order valence-corrected chi connectivity index (χ1v) is 9.92. The number of halogens is 2. The number of methoxy groups -OCH3 is 1.